The molecule has 1 aliphatic rings. The zero-order valence-electron chi connectivity index (χ0n) is 12.5. The number of allylic oxidation sites excluding steroid dienone is 3. The molecule has 0 atom stereocenters. The van der Waals surface area contributed by atoms with Gasteiger partial charge in [0.2, 0.25) is 23.1 Å². The molecule has 1 aliphatic carbocycles. The van der Waals surface area contributed by atoms with Crippen LogP contribution in [0.4, 0.5) is 0 Å². The van der Waals surface area contributed by atoms with Crippen LogP contribution in [-0.4, -0.2) is 36.9 Å². The Morgan fingerprint density at radius 1 is 1.14 bits per heavy atom. The van der Waals surface area contributed by atoms with E-state index >= 15 is 0 Å². The number of carboxylic acid groups (broad SMARTS) is 1. The molecule has 0 saturated carbocycles. The van der Waals surface area contributed by atoms with Crippen LogP contribution in [0.1, 0.15) is 26.7 Å². The Balaban J connectivity index is 3.40. The number of ketones is 2. The molecule has 1 N–H and O–H groups in total. The van der Waals surface area contributed by atoms with Crippen molar-refractivity contribution in [1.82, 2.24) is 0 Å². The topological polar surface area (TPSA) is 89.9 Å². The molecular weight excluding hydrogens is 276 g/mol. The molecule has 0 fully saturated rings. The van der Waals surface area contributed by atoms with Crippen molar-refractivity contribution in [2.45, 2.75) is 26.7 Å². The van der Waals surface area contributed by atoms with Gasteiger partial charge >= 0.3 is 5.97 Å². The van der Waals surface area contributed by atoms with Crippen molar-refractivity contribution in [2.24, 2.45) is 0 Å². The second-order valence-electron chi connectivity index (χ2n) is 4.49. The van der Waals surface area contributed by atoms with Gasteiger partial charge in [0, 0.05) is 16.7 Å². The highest BCUT2D eigenvalue weighted by molar-refractivity contribution is 6.24. The lowest BCUT2D eigenvalue weighted by molar-refractivity contribution is -0.132. The zero-order chi connectivity index (χ0) is 16.2. The van der Waals surface area contributed by atoms with Gasteiger partial charge in [-0.15, -0.1) is 0 Å². The predicted octanol–water partition coefficient (Wildman–Crippen LogP) is 1.77. The number of carbonyl (C=O) groups is 3. The Bertz CT molecular complexity index is 577. The van der Waals surface area contributed by atoms with Crippen LogP contribution in [0.2, 0.25) is 0 Å². The van der Waals surface area contributed by atoms with Crippen molar-refractivity contribution >= 4 is 17.5 Å². The molecule has 0 aromatic carbocycles. The molecule has 0 aromatic rings. The second kappa shape index (κ2) is 6.88. The van der Waals surface area contributed by atoms with E-state index in [0.717, 1.165) is 0 Å². The summed E-state index contributed by atoms with van der Waals surface area (Å²) < 4.78 is 9.84. The van der Waals surface area contributed by atoms with Gasteiger partial charge in [0.05, 0.1) is 14.2 Å². The second-order valence-corrected chi connectivity index (χ2v) is 4.49. The van der Waals surface area contributed by atoms with Crippen LogP contribution < -0.4 is 0 Å². The molecule has 0 radical (unpaired) electrons. The van der Waals surface area contributed by atoms with Gasteiger partial charge in [0.25, 0.3) is 0 Å². The third-order valence-electron chi connectivity index (χ3n) is 3.13. The van der Waals surface area contributed by atoms with Crippen molar-refractivity contribution in [2.75, 3.05) is 14.2 Å². The lowest BCUT2D eigenvalue weighted by Gasteiger charge is -2.19. The number of carbonyl (C=O) groups excluding carboxylic acids is 2. The number of hydrogen-bond donors (Lipinski definition) is 1. The van der Waals surface area contributed by atoms with E-state index in [-0.39, 0.29) is 28.2 Å². The summed E-state index contributed by atoms with van der Waals surface area (Å²) in [5.74, 6) is -2.52. The molecule has 0 unspecified atom stereocenters. The van der Waals surface area contributed by atoms with Gasteiger partial charge in [-0.2, -0.15) is 0 Å². The summed E-state index contributed by atoms with van der Waals surface area (Å²) in [6.07, 6.45) is 2.16. The van der Waals surface area contributed by atoms with Crippen molar-refractivity contribution in [3.8, 4) is 0 Å². The van der Waals surface area contributed by atoms with E-state index in [2.05, 4.69) is 0 Å². The maximum absolute atomic E-state index is 12.3. The molecule has 0 amide bonds. The molecule has 0 aliphatic heterocycles. The minimum atomic E-state index is -1.11. The van der Waals surface area contributed by atoms with Gasteiger partial charge in [-0.25, -0.2) is 4.79 Å². The van der Waals surface area contributed by atoms with Crippen molar-refractivity contribution in [1.29, 1.82) is 0 Å². The molecule has 0 bridgehead atoms. The first-order chi connectivity index (χ1) is 9.88. The van der Waals surface area contributed by atoms with Gasteiger partial charge in [0.1, 0.15) is 0 Å². The highest BCUT2D eigenvalue weighted by Crippen LogP contribution is 2.27. The summed E-state index contributed by atoms with van der Waals surface area (Å²) in [4.78, 5) is 35.6. The normalized spacial score (nSPS) is 16.5. The van der Waals surface area contributed by atoms with E-state index in [4.69, 9.17) is 14.6 Å². The van der Waals surface area contributed by atoms with E-state index in [1.165, 1.54) is 27.2 Å². The molecule has 0 saturated heterocycles. The minimum absolute atomic E-state index is 0.0310. The van der Waals surface area contributed by atoms with Crippen molar-refractivity contribution < 1.29 is 29.0 Å². The first-order valence-corrected chi connectivity index (χ1v) is 6.45. The van der Waals surface area contributed by atoms with Gasteiger partial charge in [-0.05, 0) is 19.4 Å². The Hall–Kier alpha value is -2.37. The summed E-state index contributed by atoms with van der Waals surface area (Å²) in [5, 5.41) is 9.14. The largest absolute Gasteiger partial charge is 0.489 e. The molecule has 0 spiro atoms. The molecule has 6 nitrogen and oxygen atoms in total. The lowest BCUT2D eigenvalue weighted by Crippen LogP contribution is -2.24. The first kappa shape index (κ1) is 16.7. The fourth-order valence-electron chi connectivity index (χ4n) is 2.02. The summed E-state index contributed by atoms with van der Waals surface area (Å²) in [6.45, 7) is 3.29. The third kappa shape index (κ3) is 3.21. The van der Waals surface area contributed by atoms with Crippen LogP contribution in [0, 0.1) is 0 Å². The van der Waals surface area contributed by atoms with E-state index < -0.39 is 17.5 Å². The highest BCUT2D eigenvalue weighted by atomic mass is 16.5. The number of aliphatic carboxylic acids is 1. The zero-order valence-corrected chi connectivity index (χ0v) is 12.5. The quantitative estimate of drug-likeness (QED) is 0.593. The number of ether oxygens (including phenoxy) is 2. The molecule has 114 valence electrons. The Labute approximate surface area is 122 Å². The third-order valence-corrected chi connectivity index (χ3v) is 3.13. The van der Waals surface area contributed by atoms with E-state index in [0.29, 0.717) is 12.8 Å². The van der Waals surface area contributed by atoms with Crippen LogP contribution in [0.5, 0.6) is 0 Å². The Morgan fingerprint density at radius 3 is 2.10 bits per heavy atom. The van der Waals surface area contributed by atoms with Gasteiger partial charge < -0.3 is 14.6 Å². The average molecular weight is 294 g/mol. The SMILES string of the molecule is CCCC(=CC1=C(C)C(=O)C(OC)=C(OC)C1=O)C(=O)O. The lowest BCUT2D eigenvalue weighted by atomic mass is 9.91. The number of hydrogen-bond acceptors (Lipinski definition) is 5. The molecule has 0 aromatic heterocycles. The number of carboxylic acids is 1. The number of Topliss-reactive ketones (excluding diaryl/α,β-unsaturated/α-hetero) is 2. The van der Waals surface area contributed by atoms with Crippen LogP contribution in [0.15, 0.2) is 34.3 Å². The van der Waals surface area contributed by atoms with Gasteiger partial charge in [-0.1, -0.05) is 13.3 Å². The van der Waals surface area contributed by atoms with Crippen LogP contribution in [-0.2, 0) is 23.9 Å². The molecule has 0 heterocycles. The first-order valence-electron chi connectivity index (χ1n) is 6.45. The smallest absolute Gasteiger partial charge is 0.331 e. The Kier molecular flexibility index (Phi) is 5.46. The van der Waals surface area contributed by atoms with Crippen LogP contribution in [0.3, 0.4) is 0 Å². The van der Waals surface area contributed by atoms with E-state index in [9.17, 15) is 14.4 Å². The molecular formula is C15H18O6. The maximum atomic E-state index is 12.3. The maximum Gasteiger partial charge on any atom is 0.331 e. The molecule has 6 heteroatoms. The summed E-state index contributed by atoms with van der Waals surface area (Å²) in [6, 6.07) is 0. The number of rotatable bonds is 6. The monoisotopic (exact) mass is 294 g/mol. The molecule has 21 heavy (non-hydrogen) atoms. The Morgan fingerprint density at radius 2 is 1.67 bits per heavy atom. The van der Waals surface area contributed by atoms with Gasteiger partial charge in [-0.3, -0.25) is 9.59 Å². The summed E-state index contributed by atoms with van der Waals surface area (Å²) in [5.41, 5.74) is 0.250. The average Bonchev–Trinajstić information content (AvgIpc) is 2.45. The summed E-state index contributed by atoms with van der Waals surface area (Å²) >= 11 is 0. The minimum Gasteiger partial charge on any atom is -0.489 e. The van der Waals surface area contributed by atoms with Crippen LogP contribution in [0.25, 0.3) is 0 Å². The van der Waals surface area contributed by atoms with Crippen LogP contribution >= 0.6 is 0 Å². The predicted molar refractivity (Wildman–Crippen MR) is 74.4 cm³/mol. The standard InChI is InChI=1S/C15H18O6/c1-5-6-9(15(18)19)7-10-8(2)11(16)13(20-3)14(21-4)12(10)17/h7H,5-6H2,1-4H3,(H,18,19). The molecule has 1 rings (SSSR count). The fraction of sp³-hybridized carbons (Fsp3) is 0.400. The van der Waals surface area contributed by atoms with E-state index in [1.54, 1.807) is 0 Å². The van der Waals surface area contributed by atoms with Gasteiger partial charge in [0.15, 0.2) is 0 Å². The van der Waals surface area contributed by atoms with E-state index in [1.807, 2.05) is 6.92 Å². The van der Waals surface area contributed by atoms with Crippen molar-refractivity contribution in [3.05, 3.63) is 34.3 Å². The fourth-order valence-corrected chi connectivity index (χ4v) is 2.02. The summed E-state index contributed by atoms with van der Waals surface area (Å²) in [7, 11) is 2.53. The number of methoxy groups -OCH3 is 2. The highest BCUT2D eigenvalue weighted by Gasteiger charge is 2.34. The van der Waals surface area contributed by atoms with Crippen molar-refractivity contribution in [3.63, 3.8) is 0 Å².